The van der Waals surface area contributed by atoms with Crippen LogP contribution in [-0.4, -0.2) is 67.7 Å². The lowest BCUT2D eigenvalue weighted by Crippen LogP contribution is -2.42. The number of pyridine rings is 1. The van der Waals surface area contributed by atoms with Crippen molar-refractivity contribution in [3.05, 3.63) is 21.7 Å². The predicted molar refractivity (Wildman–Crippen MR) is 112 cm³/mol. The third kappa shape index (κ3) is 6.58. The number of halogens is 7. The Balaban J connectivity index is 1.70. The van der Waals surface area contributed by atoms with Crippen LogP contribution in [0.25, 0.3) is 10.2 Å². The molecule has 0 radical (unpaired) electrons. The van der Waals surface area contributed by atoms with E-state index in [9.17, 15) is 35.9 Å². The predicted octanol–water partition coefficient (Wildman–Crippen LogP) is 4.84. The highest BCUT2D eigenvalue weighted by Crippen LogP contribution is 2.47. The van der Waals surface area contributed by atoms with Gasteiger partial charge in [-0.3, -0.25) is 9.53 Å². The molecule has 16 heteroatoms. The monoisotopic (exact) mass is 549 g/mol. The van der Waals surface area contributed by atoms with Gasteiger partial charge >= 0.3 is 18.6 Å². The molecule has 0 unspecified atom stereocenters. The summed E-state index contributed by atoms with van der Waals surface area (Å²) in [5.74, 6) is -1.30. The Morgan fingerprint density at radius 3 is 2.43 bits per heavy atom. The lowest BCUT2D eigenvalue weighted by atomic mass is 10.1. The maximum atomic E-state index is 14.0. The molecule has 2 aromatic heterocycles. The van der Waals surface area contributed by atoms with Crippen LogP contribution in [0.1, 0.15) is 28.8 Å². The van der Waals surface area contributed by atoms with Crippen molar-refractivity contribution < 1.29 is 50.1 Å². The van der Waals surface area contributed by atoms with Crippen molar-refractivity contribution in [3.8, 4) is 5.75 Å². The van der Waals surface area contributed by atoms with Crippen LogP contribution < -0.4 is 10.1 Å². The van der Waals surface area contributed by atoms with Crippen LogP contribution in [-0.2, 0) is 15.7 Å². The molecule has 35 heavy (non-hydrogen) atoms. The van der Waals surface area contributed by atoms with Gasteiger partial charge in [-0.25, -0.2) is 9.78 Å². The number of aromatic nitrogens is 1. The Labute approximate surface area is 203 Å². The van der Waals surface area contributed by atoms with Crippen LogP contribution in [0.3, 0.4) is 0 Å². The number of ether oxygens (including phenoxy) is 3. The molecular formula is C19H18ClF6N3O5S. The van der Waals surface area contributed by atoms with Gasteiger partial charge in [-0.15, -0.1) is 24.5 Å². The molecule has 3 heterocycles. The molecule has 1 aliphatic heterocycles. The Morgan fingerprint density at radius 1 is 1.20 bits per heavy atom. The number of fused-ring (bicyclic) bond motifs is 1. The minimum absolute atomic E-state index is 0.0259. The van der Waals surface area contributed by atoms with Crippen molar-refractivity contribution in [2.75, 3.05) is 33.4 Å². The van der Waals surface area contributed by atoms with Crippen molar-refractivity contribution in [2.24, 2.45) is 0 Å². The molecule has 1 N–H and O–H groups in total. The third-order valence-corrected chi connectivity index (χ3v) is 6.17. The van der Waals surface area contributed by atoms with Crippen molar-refractivity contribution in [2.45, 2.75) is 31.5 Å². The SMILES string of the molecule is CNC(=O)c1csc2c(C(F)(F)F)c(OC3CCN(C(=O)OCCOC(F)(F)F)CC3)c(Cl)nc12. The number of amides is 2. The summed E-state index contributed by atoms with van der Waals surface area (Å²) in [7, 11) is 1.33. The molecule has 1 aliphatic rings. The summed E-state index contributed by atoms with van der Waals surface area (Å²) in [4.78, 5) is 29.1. The third-order valence-electron chi connectivity index (χ3n) is 4.93. The molecule has 2 amide bonds. The summed E-state index contributed by atoms with van der Waals surface area (Å²) in [6.45, 7) is -1.44. The van der Waals surface area contributed by atoms with E-state index in [1.165, 1.54) is 17.3 Å². The van der Waals surface area contributed by atoms with Crippen LogP contribution >= 0.6 is 22.9 Å². The van der Waals surface area contributed by atoms with Gasteiger partial charge in [-0.1, -0.05) is 11.6 Å². The van der Waals surface area contributed by atoms with Crippen LogP contribution in [0.5, 0.6) is 5.75 Å². The first-order chi connectivity index (χ1) is 16.3. The molecule has 3 rings (SSSR count). The Hall–Kier alpha value is -2.52. The number of nitrogens with zero attached hydrogens (tertiary/aromatic N) is 2. The van der Waals surface area contributed by atoms with Crippen LogP contribution in [0.2, 0.25) is 5.15 Å². The van der Waals surface area contributed by atoms with Gasteiger partial charge in [0, 0.05) is 38.4 Å². The number of alkyl halides is 6. The second-order valence-corrected chi connectivity index (χ2v) is 8.46. The molecule has 0 spiro atoms. The summed E-state index contributed by atoms with van der Waals surface area (Å²) in [6.07, 6.45) is -11.1. The number of carbonyl (C=O) groups excluding carboxylic acids is 2. The van der Waals surface area contributed by atoms with E-state index >= 15 is 0 Å². The topological polar surface area (TPSA) is 90.0 Å². The number of rotatable bonds is 6. The lowest BCUT2D eigenvalue weighted by Gasteiger charge is -2.32. The number of likely N-dealkylation sites (tertiary alicyclic amines) is 1. The van der Waals surface area contributed by atoms with Crippen molar-refractivity contribution in [3.63, 3.8) is 0 Å². The van der Waals surface area contributed by atoms with Gasteiger partial charge in [0.2, 0.25) is 0 Å². The molecule has 194 valence electrons. The first-order valence-electron chi connectivity index (χ1n) is 10.0. The number of hydrogen-bond acceptors (Lipinski definition) is 7. The average Bonchev–Trinajstić information content (AvgIpc) is 3.18. The molecule has 0 aliphatic carbocycles. The second kappa shape index (κ2) is 10.6. The fourth-order valence-corrected chi connectivity index (χ4v) is 4.63. The van der Waals surface area contributed by atoms with Crippen molar-refractivity contribution in [1.29, 1.82) is 0 Å². The number of hydrogen-bond donors (Lipinski definition) is 1. The highest BCUT2D eigenvalue weighted by Gasteiger charge is 2.41. The van der Waals surface area contributed by atoms with Crippen molar-refractivity contribution >= 4 is 45.2 Å². The zero-order chi connectivity index (χ0) is 26.0. The second-order valence-electron chi connectivity index (χ2n) is 7.22. The first kappa shape index (κ1) is 27.1. The van der Waals surface area contributed by atoms with Gasteiger partial charge in [-0.05, 0) is 0 Å². The smallest absolute Gasteiger partial charge is 0.486 e. The highest BCUT2D eigenvalue weighted by molar-refractivity contribution is 7.17. The maximum absolute atomic E-state index is 14.0. The normalized spacial score (nSPS) is 15.4. The van der Waals surface area contributed by atoms with Gasteiger partial charge < -0.3 is 19.7 Å². The van der Waals surface area contributed by atoms with Crippen LogP contribution in [0.15, 0.2) is 5.38 Å². The van der Waals surface area contributed by atoms with Gasteiger partial charge in [0.1, 0.15) is 18.3 Å². The van der Waals surface area contributed by atoms with Crippen LogP contribution in [0, 0.1) is 0 Å². The minimum Gasteiger partial charge on any atom is -0.486 e. The fraction of sp³-hybridized carbons (Fsp3) is 0.526. The number of thiophene rings is 1. The Morgan fingerprint density at radius 2 is 1.86 bits per heavy atom. The zero-order valence-corrected chi connectivity index (χ0v) is 19.5. The van der Waals surface area contributed by atoms with Gasteiger partial charge in [0.05, 0.1) is 22.4 Å². The van der Waals surface area contributed by atoms with E-state index in [2.05, 4.69) is 15.0 Å². The molecule has 1 fully saturated rings. The summed E-state index contributed by atoms with van der Waals surface area (Å²) in [5, 5.41) is 3.00. The van der Waals surface area contributed by atoms with E-state index in [0.717, 1.165) is 0 Å². The van der Waals surface area contributed by atoms with Gasteiger partial charge in [0.15, 0.2) is 10.9 Å². The summed E-state index contributed by atoms with van der Waals surface area (Å²) in [6, 6.07) is 0. The standard InChI is InChI=1S/C19H18ClF6N3O5S/c1-27-16(30)10-8-35-14-11(18(21,22)23)13(15(20)28-12(10)14)34-9-2-4-29(5-3-9)17(31)32-6-7-33-19(24,25)26/h8-9H,2-7H2,1H3,(H,27,30). The average molecular weight is 550 g/mol. The highest BCUT2D eigenvalue weighted by atomic mass is 35.5. The number of nitrogens with one attached hydrogen (secondary N) is 1. The van der Waals surface area contributed by atoms with E-state index in [0.29, 0.717) is 11.3 Å². The fourth-order valence-electron chi connectivity index (χ4n) is 3.36. The molecule has 0 saturated carbocycles. The van der Waals surface area contributed by atoms with E-state index in [1.807, 2.05) is 0 Å². The Kier molecular flexibility index (Phi) is 8.21. The van der Waals surface area contributed by atoms with E-state index in [4.69, 9.17) is 21.1 Å². The van der Waals surface area contributed by atoms with E-state index in [-0.39, 0.29) is 41.7 Å². The first-order valence-corrected chi connectivity index (χ1v) is 11.3. The molecule has 0 bridgehead atoms. The number of carbonyl (C=O) groups is 2. The largest absolute Gasteiger partial charge is 0.522 e. The molecule has 8 nitrogen and oxygen atoms in total. The number of piperidine rings is 1. The quantitative estimate of drug-likeness (QED) is 0.315. The van der Waals surface area contributed by atoms with E-state index in [1.54, 1.807) is 0 Å². The summed E-state index contributed by atoms with van der Waals surface area (Å²) >= 11 is 6.73. The Bertz CT molecular complexity index is 1090. The molecule has 1 saturated heterocycles. The lowest BCUT2D eigenvalue weighted by molar-refractivity contribution is -0.326. The minimum atomic E-state index is -4.87. The van der Waals surface area contributed by atoms with Gasteiger partial charge in [0.25, 0.3) is 5.91 Å². The molecular weight excluding hydrogens is 532 g/mol. The zero-order valence-electron chi connectivity index (χ0n) is 17.9. The van der Waals surface area contributed by atoms with Crippen LogP contribution in [0.4, 0.5) is 31.1 Å². The molecule has 0 aromatic carbocycles. The van der Waals surface area contributed by atoms with Crippen molar-refractivity contribution in [1.82, 2.24) is 15.2 Å². The molecule has 2 aromatic rings. The van der Waals surface area contributed by atoms with E-state index < -0.39 is 60.3 Å². The molecule has 0 atom stereocenters. The summed E-state index contributed by atoms with van der Waals surface area (Å²) < 4.78 is 91.2. The van der Waals surface area contributed by atoms with Gasteiger partial charge in [-0.2, -0.15) is 13.2 Å². The maximum Gasteiger partial charge on any atom is 0.522 e. The summed E-state index contributed by atoms with van der Waals surface area (Å²) in [5.41, 5.74) is -1.41.